The number of nitrogens with one attached hydrogen (secondary N) is 1. The molecule has 0 bridgehead atoms. The van der Waals surface area contributed by atoms with E-state index in [1.807, 2.05) is 12.1 Å². The first-order chi connectivity index (χ1) is 15.4. The van der Waals surface area contributed by atoms with Crippen LogP contribution in [0.2, 0.25) is 5.02 Å². The van der Waals surface area contributed by atoms with Crippen LogP contribution in [0.3, 0.4) is 0 Å². The third kappa shape index (κ3) is 5.96. The number of non-ortho nitro benzene ring substituents is 1. The Labute approximate surface area is 189 Å². The molecule has 3 rings (SSSR count). The van der Waals surface area contributed by atoms with E-state index in [9.17, 15) is 20.0 Å². The summed E-state index contributed by atoms with van der Waals surface area (Å²) in [6.45, 7) is 0.244. The molecule has 0 radical (unpaired) electrons. The summed E-state index contributed by atoms with van der Waals surface area (Å²) in [4.78, 5) is 22.7. The quantitative estimate of drug-likeness (QED) is 0.367. The molecule has 0 spiro atoms. The number of rotatable bonds is 9. The summed E-state index contributed by atoms with van der Waals surface area (Å²) < 4.78 is 11.1. The molecule has 1 amide bonds. The van der Waals surface area contributed by atoms with E-state index in [1.54, 1.807) is 30.3 Å². The number of hydrogen-bond donors (Lipinski definition) is 2. The molecule has 0 heterocycles. The van der Waals surface area contributed by atoms with Crippen LogP contribution in [0.25, 0.3) is 0 Å². The number of benzene rings is 3. The number of hydrogen-bond acceptors (Lipinski definition) is 6. The van der Waals surface area contributed by atoms with Crippen molar-refractivity contribution >= 4 is 23.2 Å². The van der Waals surface area contributed by atoms with Gasteiger partial charge in [0.25, 0.3) is 11.6 Å². The van der Waals surface area contributed by atoms with Gasteiger partial charge in [-0.05, 0) is 53.6 Å². The molecule has 166 valence electrons. The van der Waals surface area contributed by atoms with Crippen molar-refractivity contribution in [3.8, 4) is 11.5 Å². The van der Waals surface area contributed by atoms with Crippen molar-refractivity contribution in [3.63, 3.8) is 0 Å². The molecule has 0 unspecified atom stereocenters. The van der Waals surface area contributed by atoms with Crippen molar-refractivity contribution in [1.82, 2.24) is 5.32 Å². The fourth-order valence-corrected chi connectivity index (χ4v) is 3.02. The summed E-state index contributed by atoms with van der Waals surface area (Å²) in [7, 11) is 1.48. The van der Waals surface area contributed by atoms with Gasteiger partial charge in [0.15, 0.2) is 11.5 Å². The van der Waals surface area contributed by atoms with Crippen LogP contribution in [-0.2, 0) is 6.61 Å². The predicted octanol–water partition coefficient (Wildman–Crippen LogP) is 4.30. The Morgan fingerprint density at radius 3 is 2.41 bits per heavy atom. The van der Waals surface area contributed by atoms with Gasteiger partial charge in [0.05, 0.1) is 18.1 Å². The van der Waals surface area contributed by atoms with Crippen molar-refractivity contribution in [2.75, 3.05) is 13.7 Å². The highest BCUT2D eigenvalue weighted by molar-refractivity contribution is 6.30. The van der Waals surface area contributed by atoms with E-state index in [1.165, 1.54) is 31.4 Å². The summed E-state index contributed by atoms with van der Waals surface area (Å²) in [5.41, 5.74) is 1.64. The maximum atomic E-state index is 12.5. The van der Waals surface area contributed by atoms with Gasteiger partial charge in [-0.2, -0.15) is 0 Å². The Bertz CT molecular complexity index is 1090. The molecule has 0 fully saturated rings. The van der Waals surface area contributed by atoms with Gasteiger partial charge in [0.2, 0.25) is 0 Å². The van der Waals surface area contributed by atoms with E-state index < -0.39 is 16.9 Å². The van der Waals surface area contributed by atoms with Gasteiger partial charge in [-0.3, -0.25) is 14.9 Å². The monoisotopic (exact) mass is 456 g/mol. The van der Waals surface area contributed by atoms with Gasteiger partial charge < -0.3 is 19.9 Å². The molecule has 0 saturated carbocycles. The van der Waals surface area contributed by atoms with Crippen molar-refractivity contribution < 1.29 is 24.3 Å². The predicted molar refractivity (Wildman–Crippen MR) is 119 cm³/mol. The second-order valence-corrected chi connectivity index (χ2v) is 7.29. The third-order valence-electron chi connectivity index (χ3n) is 4.68. The van der Waals surface area contributed by atoms with Crippen molar-refractivity contribution in [1.29, 1.82) is 0 Å². The second-order valence-electron chi connectivity index (χ2n) is 6.86. The van der Waals surface area contributed by atoms with E-state index in [0.717, 1.165) is 5.56 Å². The first kappa shape index (κ1) is 23.1. The van der Waals surface area contributed by atoms with Gasteiger partial charge in [-0.1, -0.05) is 23.7 Å². The fraction of sp³-hybridized carbons (Fsp3) is 0.174. The minimum atomic E-state index is -1.01. The topological polar surface area (TPSA) is 111 Å². The molecule has 8 nitrogen and oxygen atoms in total. The Hall–Kier alpha value is -3.62. The van der Waals surface area contributed by atoms with E-state index in [0.29, 0.717) is 34.3 Å². The standard InChI is InChI=1S/C23H21ClN2O6/c1-31-22-12-17(6-11-21(22)32-14-15-2-7-18(24)8-3-15)23(28)25-13-20(27)16-4-9-19(10-5-16)26(29)30/h2-12,20,27H,13-14H2,1H3,(H,25,28)/t20-/m1/s1. The van der Waals surface area contributed by atoms with Gasteiger partial charge in [0.1, 0.15) is 6.61 Å². The molecular weight excluding hydrogens is 436 g/mol. The van der Waals surface area contributed by atoms with E-state index in [2.05, 4.69) is 5.32 Å². The summed E-state index contributed by atoms with van der Waals surface area (Å²) in [6.07, 6.45) is -1.01. The number of nitro groups is 1. The van der Waals surface area contributed by atoms with Gasteiger partial charge >= 0.3 is 0 Å². The molecule has 32 heavy (non-hydrogen) atoms. The molecule has 0 aliphatic rings. The zero-order valence-corrected chi connectivity index (χ0v) is 17.9. The van der Waals surface area contributed by atoms with Gasteiger partial charge in [-0.25, -0.2) is 0 Å². The molecule has 0 aliphatic heterocycles. The summed E-state index contributed by atoms with van der Waals surface area (Å²) in [5, 5.41) is 24.2. The molecule has 2 N–H and O–H groups in total. The number of halogens is 1. The Balaban J connectivity index is 1.59. The van der Waals surface area contributed by atoms with Crippen LogP contribution < -0.4 is 14.8 Å². The first-order valence-electron chi connectivity index (χ1n) is 9.63. The average Bonchev–Trinajstić information content (AvgIpc) is 2.81. The van der Waals surface area contributed by atoms with Gasteiger partial charge in [-0.15, -0.1) is 0 Å². The van der Waals surface area contributed by atoms with Gasteiger partial charge in [0, 0.05) is 29.3 Å². The molecule has 0 aromatic heterocycles. The lowest BCUT2D eigenvalue weighted by Crippen LogP contribution is -2.28. The van der Waals surface area contributed by atoms with Crippen LogP contribution in [0.15, 0.2) is 66.7 Å². The van der Waals surface area contributed by atoms with Crippen LogP contribution in [-0.4, -0.2) is 29.6 Å². The smallest absolute Gasteiger partial charge is 0.269 e. The Kier molecular flexibility index (Phi) is 7.64. The third-order valence-corrected chi connectivity index (χ3v) is 4.93. The normalized spacial score (nSPS) is 11.5. The summed E-state index contributed by atoms with van der Waals surface area (Å²) in [6, 6.07) is 17.5. The Morgan fingerprint density at radius 1 is 1.09 bits per heavy atom. The average molecular weight is 457 g/mol. The number of aliphatic hydroxyl groups is 1. The minimum absolute atomic E-state index is 0.0617. The SMILES string of the molecule is COc1cc(C(=O)NC[C@@H](O)c2ccc([N+](=O)[O-])cc2)ccc1OCc1ccc(Cl)cc1. The minimum Gasteiger partial charge on any atom is -0.493 e. The number of methoxy groups -OCH3 is 1. The van der Waals surface area contributed by atoms with Crippen LogP contribution in [0.1, 0.15) is 27.6 Å². The molecule has 1 atom stereocenters. The number of carbonyl (C=O) groups is 1. The largest absolute Gasteiger partial charge is 0.493 e. The number of aliphatic hydroxyl groups excluding tert-OH is 1. The maximum Gasteiger partial charge on any atom is 0.269 e. The number of amides is 1. The summed E-state index contributed by atoms with van der Waals surface area (Å²) >= 11 is 5.88. The molecule has 3 aromatic rings. The number of nitro benzene ring substituents is 1. The zero-order valence-electron chi connectivity index (χ0n) is 17.2. The van der Waals surface area contributed by atoms with Crippen LogP contribution in [0, 0.1) is 10.1 Å². The molecule has 3 aromatic carbocycles. The van der Waals surface area contributed by atoms with Crippen LogP contribution in [0.4, 0.5) is 5.69 Å². The van der Waals surface area contributed by atoms with Crippen molar-refractivity contribution in [2.45, 2.75) is 12.7 Å². The number of carbonyl (C=O) groups excluding carboxylic acids is 1. The highest BCUT2D eigenvalue weighted by Crippen LogP contribution is 2.29. The molecule has 0 aliphatic carbocycles. The highest BCUT2D eigenvalue weighted by atomic mass is 35.5. The van der Waals surface area contributed by atoms with E-state index >= 15 is 0 Å². The lowest BCUT2D eigenvalue weighted by atomic mass is 10.1. The van der Waals surface area contributed by atoms with Crippen molar-refractivity contribution in [2.24, 2.45) is 0 Å². The molecule has 9 heteroatoms. The van der Waals surface area contributed by atoms with Crippen LogP contribution >= 0.6 is 11.6 Å². The second kappa shape index (κ2) is 10.6. The molecule has 0 saturated heterocycles. The fourth-order valence-electron chi connectivity index (χ4n) is 2.90. The lowest BCUT2D eigenvalue weighted by molar-refractivity contribution is -0.384. The highest BCUT2D eigenvalue weighted by Gasteiger charge is 2.15. The lowest BCUT2D eigenvalue weighted by Gasteiger charge is -2.14. The number of ether oxygens (including phenoxy) is 2. The molecular formula is C23H21ClN2O6. The Morgan fingerprint density at radius 2 is 1.78 bits per heavy atom. The zero-order chi connectivity index (χ0) is 23.1. The van der Waals surface area contributed by atoms with E-state index in [4.69, 9.17) is 21.1 Å². The number of nitrogens with zero attached hydrogens (tertiary/aromatic N) is 1. The summed E-state index contributed by atoms with van der Waals surface area (Å²) in [5.74, 6) is 0.459. The first-order valence-corrected chi connectivity index (χ1v) is 10.0. The van der Waals surface area contributed by atoms with Crippen molar-refractivity contribution in [3.05, 3.63) is 98.6 Å². The van der Waals surface area contributed by atoms with Crippen LogP contribution in [0.5, 0.6) is 11.5 Å². The maximum absolute atomic E-state index is 12.5. The van der Waals surface area contributed by atoms with E-state index in [-0.39, 0.29) is 12.2 Å².